The van der Waals surface area contributed by atoms with Crippen LogP contribution >= 0.6 is 11.6 Å². The number of Topliss-reactive ketones (excluding diaryl/α,β-unsaturated/α-hetero) is 1. The average molecular weight is 258 g/mol. The summed E-state index contributed by atoms with van der Waals surface area (Å²) in [4.78, 5) is 11.2. The molecule has 0 radical (unpaired) electrons. The van der Waals surface area contributed by atoms with Gasteiger partial charge in [-0.25, -0.2) is 0 Å². The van der Waals surface area contributed by atoms with Crippen LogP contribution in [0.25, 0.3) is 0 Å². The summed E-state index contributed by atoms with van der Waals surface area (Å²) in [6, 6.07) is 5.74. The van der Waals surface area contributed by atoms with Crippen LogP contribution in [0.15, 0.2) is 24.3 Å². The van der Waals surface area contributed by atoms with Gasteiger partial charge in [0.15, 0.2) is 5.78 Å². The molecule has 0 saturated heterocycles. The van der Waals surface area contributed by atoms with Crippen molar-refractivity contribution in [2.45, 2.75) is 0 Å². The van der Waals surface area contributed by atoms with Gasteiger partial charge < -0.3 is 0 Å². The van der Waals surface area contributed by atoms with Crippen LogP contribution in [-0.2, 0) is 10.1 Å². The summed E-state index contributed by atoms with van der Waals surface area (Å²) in [6.45, 7) is 0. The molecular formula is C8H7ClNaO4S+. The van der Waals surface area contributed by atoms with E-state index in [0.29, 0.717) is 5.02 Å². The zero-order chi connectivity index (χ0) is 10.8. The van der Waals surface area contributed by atoms with E-state index >= 15 is 0 Å². The van der Waals surface area contributed by atoms with Crippen LogP contribution in [0.1, 0.15) is 10.4 Å². The minimum absolute atomic E-state index is 0. The molecule has 0 aromatic heterocycles. The van der Waals surface area contributed by atoms with Gasteiger partial charge in [-0.15, -0.1) is 0 Å². The molecule has 0 heterocycles. The SMILES string of the molecule is O=C(CS(=O)(=O)O)c1ccc(Cl)cc1.[Na+]. The number of carbonyl (C=O) groups is 1. The van der Waals surface area contributed by atoms with Crippen molar-refractivity contribution < 1.29 is 47.3 Å². The standard InChI is InChI=1S/C8H7ClO4S.Na/c9-7-3-1-6(2-4-7)8(10)5-14(11,12)13;/h1-4H,5H2,(H,11,12,13);/q;+1. The Morgan fingerprint density at radius 2 is 1.73 bits per heavy atom. The van der Waals surface area contributed by atoms with E-state index in [1.165, 1.54) is 24.3 Å². The number of hydrogen-bond acceptors (Lipinski definition) is 3. The second-order valence-electron chi connectivity index (χ2n) is 2.66. The van der Waals surface area contributed by atoms with Gasteiger partial charge in [-0.05, 0) is 24.3 Å². The minimum atomic E-state index is -4.26. The van der Waals surface area contributed by atoms with E-state index in [-0.39, 0.29) is 35.1 Å². The minimum Gasteiger partial charge on any atom is -0.293 e. The molecule has 1 rings (SSSR count). The third-order valence-electron chi connectivity index (χ3n) is 1.48. The molecule has 4 nitrogen and oxygen atoms in total. The van der Waals surface area contributed by atoms with Crippen molar-refractivity contribution >= 4 is 27.5 Å². The van der Waals surface area contributed by atoms with E-state index in [4.69, 9.17) is 16.2 Å². The summed E-state index contributed by atoms with van der Waals surface area (Å²) >= 11 is 5.57. The normalized spacial score (nSPS) is 10.5. The first-order chi connectivity index (χ1) is 6.38. The van der Waals surface area contributed by atoms with E-state index in [0.717, 1.165) is 0 Å². The molecule has 7 heteroatoms. The molecule has 0 amide bonds. The Morgan fingerprint density at radius 3 is 2.13 bits per heavy atom. The Kier molecular flexibility index (Phi) is 6.02. The summed E-state index contributed by atoms with van der Waals surface area (Å²) in [6.07, 6.45) is 0. The molecule has 0 unspecified atom stereocenters. The topological polar surface area (TPSA) is 71.4 Å². The van der Waals surface area contributed by atoms with Gasteiger partial charge in [0, 0.05) is 10.6 Å². The van der Waals surface area contributed by atoms with Crippen LogP contribution < -0.4 is 29.6 Å². The molecule has 0 aliphatic carbocycles. The first-order valence-electron chi connectivity index (χ1n) is 3.62. The Bertz CT molecular complexity index is 440. The van der Waals surface area contributed by atoms with Crippen molar-refractivity contribution in [3.63, 3.8) is 0 Å². The molecule has 0 atom stereocenters. The quantitative estimate of drug-likeness (QED) is 0.403. The summed E-state index contributed by atoms with van der Waals surface area (Å²) < 4.78 is 29.2. The van der Waals surface area contributed by atoms with Crippen LogP contribution in [0, 0.1) is 0 Å². The monoisotopic (exact) mass is 257 g/mol. The van der Waals surface area contributed by atoms with Gasteiger partial charge in [-0.2, -0.15) is 8.42 Å². The molecule has 0 bridgehead atoms. The van der Waals surface area contributed by atoms with Gasteiger partial charge in [0.2, 0.25) is 0 Å². The molecule has 1 aromatic rings. The molecule has 15 heavy (non-hydrogen) atoms. The van der Waals surface area contributed by atoms with Crippen LogP contribution in [0.5, 0.6) is 0 Å². The second kappa shape index (κ2) is 5.98. The maximum absolute atomic E-state index is 11.2. The molecule has 0 spiro atoms. The zero-order valence-corrected chi connectivity index (χ0v) is 11.5. The fourth-order valence-corrected chi connectivity index (χ4v) is 1.51. The Balaban J connectivity index is 0.00000196. The Labute approximate surface area is 115 Å². The maximum atomic E-state index is 11.2. The second-order valence-corrected chi connectivity index (χ2v) is 4.55. The average Bonchev–Trinajstić information content (AvgIpc) is 2.02. The maximum Gasteiger partial charge on any atom is 1.00 e. The predicted molar refractivity (Wildman–Crippen MR) is 52.2 cm³/mol. The van der Waals surface area contributed by atoms with E-state index in [1.807, 2.05) is 0 Å². The van der Waals surface area contributed by atoms with Crippen molar-refractivity contribution in [2.24, 2.45) is 0 Å². The van der Waals surface area contributed by atoms with Crippen molar-refractivity contribution in [3.8, 4) is 0 Å². The van der Waals surface area contributed by atoms with E-state index in [9.17, 15) is 13.2 Å². The van der Waals surface area contributed by atoms with Crippen molar-refractivity contribution in [1.29, 1.82) is 0 Å². The summed E-state index contributed by atoms with van der Waals surface area (Å²) in [5, 5.41) is 0.452. The van der Waals surface area contributed by atoms with Crippen LogP contribution in [0.2, 0.25) is 5.02 Å². The molecule has 0 aliphatic heterocycles. The molecule has 0 aliphatic rings. The third kappa shape index (κ3) is 5.65. The van der Waals surface area contributed by atoms with Crippen LogP contribution in [0.3, 0.4) is 0 Å². The number of hydrogen-bond donors (Lipinski definition) is 1. The van der Waals surface area contributed by atoms with E-state index in [1.54, 1.807) is 0 Å². The molecule has 76 valence electrons. The largest absolute Gasteiger partial charge is 1.00 e. The van der Waals surface area contributed by atoms with Crippen LogP contribution in [0.4, 0.5) is 0 Å². The van der Waals surface area contributed by atoms with Gasteiger partial charge in [-0.1, -0.05) is 11.6 Å². The smallest absolute Gasteiger partial charge is 0.293 e. The van der Waals surface area contributed by atoms with Crippen molar-refractivity contribution in [1.82, 2.24) is 0 Å². The zero-order valence-electron chi connectivity index (χ0n) is 7.97. The number of rotatable bonds is 3. The fourth-order valence-electron chi connectivity index (χ4n) is 0.885. The van der Waals surface area contributed by atoms with Crippen molar-refractivity contribution in [2.75, 3.05) is 5.75 Å². The number of ketones is 1. The number of benzene rings is 1. The van der Waals surface area contributed by atoms with Gasteiger partial charge in [0.05, 0.1) is 0 Å². The van der Waals surface area contributed by atoms with Crippen molar-refractivity contribution in [3.05, 3.63) is 34.9 Å². The van der Waals surface area contributed by atoms with E-state index in [2.05, 4.69) is 0 Å². The van der Waals surface area contributed by atoms with Gasteiger partial charge >= 0.3 is 29.6 Å². The van der Waals surface area contributed by atoms with Gasteiger partial charge in [0.1, 0.15) is 5.75 Å². The van der Waals surface area contributed by atoms with Gasteiger partial charge in [0.25, 0.3) is 10.1 Å². The summed E-state index contributed by atoms with van der Waals surface area (Å²) in [5.74, 6) is -1.57. The molecule has 1 aromatic carbocycles. The Hall–Kier alpha value is 0.0900. The fraction of sp³-hybridized carbons (Fsp3) is 0.125. The molecule has 1 N–H and O–H groups in total. The summed E-state index contributed by atoms with van der Waals surface area (Å²) in [5.41, 5.74) is 0.201. The first-order valence-corrected chi connectivity index (χ1v) is 5.61. The number of halogens is 1. The Morgan fingerprint density at radius 1 is 1.27 bits per heavy atom. The van der Waals surface area contributed by atoms with E-state index < -0.39 is 21.7 Å². The first kappa shape index (κ1) is 15.1. The third-order valence-corrected chi connectivity index (χ3v) is 2.36. The van der Waals surface area contributed by atoms with Crippen LogP contribution in [-0.4, -0.2) is 24.5 Å². The number of carbonyl (C=O) groups excluding carboxylic acids is 1. The molecule has 0 saturated carbocycles. The summed E-state index contributed by atoms with van der Waals surface area (Å²) in [7, 11) is -4.26. The van der Waals surface area contributed by atoms with Gasteiger partial charge in [-0.3, -0.25) is 9.35 Å². The predicted octanol–water partition coefficient (Wildman–Crippen LogP) is -1.59. The molecule has 0 fully saturated rings. The molecular weight excluding hydrogens is 251 g/mol.